The first-order chi connectivity index (χ1) is 16.4. The Morgan fingerprint density at radius 3 is 2.34 bits per heavy atom. The van der Waals surface area contributed by atoms with Crippen molar-refractivity contribution in [1.82, 2.24) is 0 Å². The zero-order valence-corrected chi connectivity index (χ0v) is 18.7. The lowest BCUT2D eigenvalue weighted by atomic mass is 9.85. The van der Waals surface area contributed by atoms with Gasteiger partial charge >= 0.3 is 12.1 Å². The van der Waals surface area contributed by atoms with Gasteiger partial charge in [-0.05, 0) is 55.8 Å². The lowest BCUT2D eigenvalue weighted by molar-refractivity contribution is -0.141. The second-order valence-electron chi connectivity index (χ2n) is 8.05. The van der Waals surface area contributed by atoms with E-state index in [1.54, 1.807) is 19.9 Å². The lowest BCUT2D eigenvalue weighted by Crippen LogP contribution is -2.28. The standard InChI is InChI=1S/C26H21F3O6/c1-14(2)6-10-21(17-13-20(32)23-18(30)8-9-19(31)24(23)25(17)34)35-22(33)11-7-15-4-3-5-16(12-15)26(27,28)29/h3-9,11-13,21,30-31H,10H2,1-2H3/b11-7+. The average Bonchev–Trinajstić information content (AvgIpc) is 2.78. The van der Waals surface area contributed by atoms with E-state index < -0.39 is 52.4 Å². The average molecular weight is 486 g/mol. The Morgan fingerprint density at radius 2 is 1.71 bits per heavy atom. The Hall–Kier alpha value is -4.14. The van der Waals surface area contributed by atoms with Crippen molar-refractivity contribution < 1.29 is 42.5 Å². The summed E-state index contributed by atoms with van der Waals surface area (Å²) in [5.41, 5.74) is -0.896. The third-order valence-corrected chi connectivity index (χ3v) is 5.15. The smallest absolute Gasteiger partial charge is 0.416 e. The zero-order valence-electron chi connectivity index (χ0n) is 18.7. The zero-order chi connectivity index (χ0) is 25.9. The summed E-state index contributed by atoms with van der Waals surface area (Å²) in [5, 5.41) is 20.1. The molecule has 0 saturated carbocycles. The normalized spacial score (nSPS) is 14.4. The fraction of sp³-hybridized carbons (Fsp3) is 0.192. The summed E-state index contributed by atoms with van der Waals surface area (Å²) >= 11 is 0. The van der Waals surface area contributed by atoms with Crippen molar-refractivity contribution in [2.24, 2.45) is 0 Å². The van der Waals surface area contributed by atoms with Gasteiger partial charge in [0.2, 0.25) is 0 Å². The van der Waals surface area contributed by atoms with Crippen LogP contribution in [0.4, 0.5) is 13.2 Å². The van der Waals surface area contributed by atoms with E-state index in [0.29, 0.717) is 0 Å². The number of rotatable bonds is 6. The highest BCUT2D eigenvalue weighted by molar-refractivity contribution is 6.27. The molecule has 0 spiro atoms. The minimum atomic E-state index is -4.55. The summed E-state index contributed by atoms with van der Waals surface area (Å²) in [6.45, 7) is 3.54. The molecule has 0 amide bonds. The molecular weight excluding hydrogens is 465 g/mol. The largest absolute Gasteiger partial charge is 0.507 e. The number of hydrogen-bond donors (Lipinski definition) is 2. The van der Waals surface area contributed by atoms with E-state index in [9.17, 15) is 37.8 Å². The van der Waals surface area contributed by atoms with E-state index in [4.69, 9.17) is 4.74 Å². The van der Waals surface area contributed by atoms with Crippen molar-refractivity contribution in [2.45, 2.75) is 32.5 Å². The molecule has 6 nitrogen and oxygen atoms in total. The third kappa shape index (κ3) is 5.87. The number of alkyl halides is 3. The highest BCUT2D eigenvalue weighted by atomic mass is 19.4. The van der Waals surface area contributed by atoms with Crippen LogP contribution in [0.1, 0.15) is 52.1 Å². The fourth-order valence-corrected chi connectivity index (χ4v) is 3.47. The van der Waals surface area contributed by atoms with E-state index >= 15 is 0 Å². The van der Waals surface area contributed by atoms with Crippen LogP contribution >= 0.6 is 0 Å². The number of aromatic hydroxyl groups is 2. The van der Waals surface area contributed by atoms with E-state index in [-0.39, 0.29) is 23.1 Å². The van der Waals surface area contributed by atoms with Crippen molar-refractivity contribution in [3.05, 3.63) is 88.0 Å². The molecule has 2 aromatic rings. The number of phenols is 2. The molecule has 1 unspecified atom stereocenters. The van der Waals surface area contributed by atoms with E-state index in [1.807, 2.05) is 0 Å². The highest BCUT2D eigenvalue weighted by Crippen LogP contribution is 2.36. The van der Waals surface area contributed by atoms with Crippen LogP contribution in [0.3, 0.4) is 0 Å². The number of fused-ring (bicyclic) bond motifs is 1. The van der Waals surface area contributed by atoms with E-state index in [1.165, 1.54) is 12.1 Å². The molecule has 0 aromatic heterocycles. The van der Waals surface area contributed by atoms with Crippen LogP contribution in [0, 0.1) is 0 Å². The molecule has 2 aromatic carbocycles. The van der Waals surface area contributed by atoms with Gasteiger partial charge in [-0.3, -0.25) is 9.59 Å². The summed E-state index contributed by atoms with van der Waals surface area (Å²) in [6.07, 6.45) is -1.09. The Labute approximate surface area is 198 Å². The minimum absolute atomic E-state index is 0.0191. The van der Waals surface area contributed by atoms with E-state index in [2.05, 4.69) is 0 Å². The lowest BCUT2D eigenvalue weighted by Gasteiger charge is -2.23. The Morgan fingerprint density at radius 1 is 1.06 bits per heavy atom. The van der Waals surface area contributed by atoms with Crippen LogP contribution in [-0.2, 0) is 15.7 Å². The Kier molecular flexibility index (Phi) is 7.28. The maximum Gasteiger partial charge on any atom is 0.416 e. The predicted octanol–water partition coefficient (Wildman–Crippen LogP) is 5.40. The summed E-state index contributed by atoms with van der Waals surface area (Å²) in [4.78, 5) is 38.2. The summed E-state index contributed by atoms with van der Waals surface area (Å²) in [6, 6.07) is 6.48. The van der Waals surface area contributed by atoms with Crippen LogP contribution in [0.15, 0.2) is 65.8 Å². The number of carbonyl (C=O) groups excluding carboxylic acids is 3. The van der Waals surface area contributed by atoms with Gasteiger partial charge in [-0.25, -0.2) is 4.79 Å². The molecule has 0 aliphatic heterocycles. The van der Waals surface area contributed by atoms with E-state index in [0.717, 1.165) is 48.1 Å². The molecule has 0 saturated heterocycles. The predicted molar refractivity (Wildman–Crippen MR) is 121 cm³/mol. The monoisotopic (exact) mass is 486 g/mol. The Bertz CT molecular complexity index is 1280. The number of hydrogen-bond acceptors (Lipinski definition) is 6. The maximum atomic E-state index is 13.1. The summed E-state index contributed by atoms with van der Waals surface area (Å²) in [7, 11) is 0. The molecule has 1 aliphatic carbocycles. The highest BCUT2D eigenvalue weighted by Gasteiger charge is 2.35. The Balaban J connectivity index is 1.89. The van der Waals surface area contributed by atoms with Gasteiger partial charge in [-0.2, -0.15) is 13.2 Å². The molecule has 9 heteroatoms. The van der Waals surface area contributed by atoms with Crippen molar-refractivity contribution in [3.8, 4) is 11.5 Å². The van der Waals surface area contributed by atoms with Crippen LogP contribution in [0.2, 0.25) is 0 Å². The van der Waals surface area contributed by atoms with Crippen molar-refractivity contribution in [2.75, 3.05) is 0 Å². The second kappa shape index (κ2) is 10.0. The number of benzene rings is 2. The first-order valence-electron chi connectivity index (χ1n) is 10.4. The van der Waals surface area contributed by atoms with Crippen LogP contribution < -0.4 is 0 Å². The number of allylic oxidation sites excluding steroid dienone is 2. The van der Waals surface area contributed by atoms with Crippen LogP contribution in [0.25, 0.3) is 6.08 Å². The summed E-state index contributed by atoms with van der Waals surface area (Å²) in [5.74, 6) is -3.50. The number of esters is 1. The summed E-state index contributed by atoms with van der Waals surface area (Å²) < 4.78 is 44.1. The molecular formula is C26H21F3O6. The quantitative estimate of drug-likeness (QED) is 0.245. The number of ketones is 2. The van der Waals surface area contributed by atoms with Gasteiger partial charge in [-0.1, -0.05) is 23.8 Å². The number of ether oxygens (including phenoxy) is 1. The molecule has 1 aliphatic rings. The van der Waals surface area contributed by atoms with Gasteiger partial charge in [0.25, 0.3) is 0 Å². The van der Waals surface area contributed by atoms with Crippen molar-refractivity contribution in [3.63, 3.8) is 0 Å². The first kappa shape index (κ1) is 25.5. The molecule has 3 rings (SSSR count). The van der Waals surface area contributed by atoms with Gasteiger partial charge < -0.3 is 14.9 Å². The maximum absolute atomic E-state index is 13.1. The number of phenolic OH excluding ortho intramolecular Hbond substituents is 2. The fourth-order valence-electron chi connectivity index (χ4n) is 3.47. The van der Waals surface area contributed by atoms with Gasteiger partial charge in [0.15, 0.2) is 11.6 Å². The number of halogens is 3. The van der Waals surface area contributed by atoms with Gasteiger partial charge in [0.1, 0.15) is 17.6 Å². The number of carbonyl (C=O) groups is 3. The molecule has 1 atom stereocenters. The van der Waals surface area contributed by atoms with Gasteiger partial charge in [0, 0.05) is 18.1 Å². The topological polar surface area (TPSA) is 101 Å². The van der Waals surface area contributed by atoms with Gasteiger partial charge in [0.05, 0.1) is 16.7 Å². The molecule has 35 heavy (non-hydrogen) atoms. The van der Waals surface area contributed by atoms with Crippen molar-refractivity contribution >= 4 is 23.6 Å². The van der Waals surface area contributed by atoms with Crippen molar-refractivity contribution in [1.29, 1.82) is 0 Å². The molecule has 182 valence electrons. The molecule has 0 fully saturated rings. The molecule has 0 heterocycles. The second-order valence-corrected chi connectivity index (χ2v) is 8.05. The molecule has 2 N–H and O–H groups in total. The van der Waals surface area contributed by atoms with Crippen LogP contribution in [-0.4, -0.2) is 33.9 Å². The molecule has 0 radical (unpaired) electrons. The molecule has 0 bridgehead atoms. The third-order valence-electron chi connectivity index (χ3n) is 5.15. The van der Waals surface area contributed by atoms with Crippen LogP contribution in [0.5, 0.6) is 11.5 Å². The van der Waals surface area contributed by atoms with Gasteiger partial charge in [-0.15, -0.1) is 0 Å². The SMILES string of the molecule is CC(C)=CCC(OC(=O)/C=C/c1cccc(C(F)(F)F)c1)C1=CC(=O)c2c(O)ccc(O)c2C1=O. The first-order valence-corrected chi connectivity index (χ1v) is 10.4. The number of Topliss-reactive ketones (excluding diaryl/α,β-unsaturated/α-hetero) is 1. The minimum Gasteiger partial charge on any atom is -0.507 e.